The van der Waals surface area contributed by atoms with E-state index in [1.807, 2.05) is 51.1 Å². The molecule has 2 aromatic carbocycles. The SMILES string of the molecule is COCC(C)NC(=O)/C=C(\C)c1cc2c(-c3ccc(Br)cc3)coc2c(C)c1OC. The van der Waals surface area contributed by atoms with Crippen LogP contribution in [0, 0.1) is 6.92 Å². The fourth-order valence-electron chi connectivity index (χ4n) is 3.58. The zero-order valence-electron chi connectivity index (χ0n) is 17.8. The van der Waals surface area contributed by atoms with Crippen LogP contribution >= 0.6 is 15.9 Å². The van der Waals surface area contributed by atoms with Crippen molar-refractivity contribution in [1.82, 2.24) is 5.32 Å². The van der Waals surface area contributed by atoms with Crippen LogP contribution in [0.25, 0.3) is 27.7 Å². The largest absolute Gasteiger partial charge is 0.496 e. The number of hydrogen-bond acceptors (Lipinski definition) is 4. The van der Waals surface area contributed by atoms with Crippen molar-refractivity contribution in [2.45, 2.75) is 26.8 Å². The number of furan rings is 1. The molecule has 5 nitrogen and oxygen atoms in total. The molecule has 0 saturated heterocycles. The van der Waals surface area contributed by atoms with Crippen LogP contribution in [0.15, 0.2) is 51.6 Å². The maximum atomic E-state index is 12.4. The number of aryl methyl sites for hydroxylation is 1. The van der Waals surface area contributed by atoms with Gasteiger partial charge < -0.3 is 19.2 Å². The highest BCUT2D eigenvalue weighted by Gasteiger charge is 2.19. The van der Waals surface area contributed by atoms with Crippen LogP contribution in [0.3, 0.4) is 0 Å². The van der Waals surface area contributed by atoms with Crippen LogP contribution in [0.4, 0.5) is 0 Å². The summed E-state index contributed by atoms with van der Waals surface area (Å²) in [6.07, 6.45) is 3.36. The Hall–Kier alpha value is -2.57. The second-order valence-electron chi connectivity index (χ2n) is 7.31. The number of benzene rings is 2. The van der Waals surface area contributed by atoms with Gasteiger partial charge in [-0.15, -0.1) is 0 Å². The first-order valence-corrected chi connectivity index (χ1v) is 10.5. The van der Waals surface area contributed by atoms with Gasteiger partial charge in [0, 0.05) is 45.8 Å². The van der Waals surface area contributed by atoms with Gasteiger partial charge >= 0.3 is 0 Å². The van der Waals surface area contributed by atoms with E-state index in [0.29, 0.717) is 12.4 Å². The predicted molar refractivity (Wildman–Crippen MR) is 124 cm³/mol. The molecule has 158 valence electrons. The Bertz CT molecular complexity index is 1080. The summed E-state index contributed by atoms with van der Waals surface area (Å²) in [6.45, 7) is 6.23. The summed E-state index contributed by atoms with van der Waals surface area (Å²) in [7, 11) is 3.24. The molecule has 6 heteroatoms. The van der Waals surface area contributed by atoms with E-state index >= 15 is 0 Å². The summed E-state index contributed by atoms with van der Waals surface area (Å²) in [5.41, 5.74) is 5.39. The lowest BCUT2D eigenvalue weighted by atomic mass is 9.96. The second-order valence-corrected chi connectivity index (χ2v) is 8.22. The van der Waals surface area contributed by atoms with Gasteiger partial charge in [-0.05, 0) is 50.1 Å². The summed E-state index contributed by atoms with van der Waals surface area (Å²) in [4.78, 5) is 12.4. The number of allylic oxidation sites excluding steroid dienone is 1. The standard InChI is InChI=1S/C24H26BrNO4/c1-14(10-22(27)26-15(2)12-28-4)19-11-20-21(17-6-8-18(25)9-7-17)13-30-24(20)16(3)23(19)29-5/h6-11,13,15H,12H2,1-5H3,(H,26,27)/b14-10+. The van der Waals surface area contributed by atoms with Gasteiger partial charge in [-0.25, -0.2) is 0 Å². The summed E-state index contributed by atoms with van der Waals surface area (Å²) < 4.78 is 17.7. The minimum Gasteiger partial charge on any atom is -0.496 e. The zero-order valence-corrected chi connectivity index (χ0v) is 19.4. The first kappa shape index (κ1) is 22.1. The summed E-state index contributed by atoms with van der Waals surface area (Å²) in [6, 6.07) is 10.0. The molecule has 1 heterocycles. The normalized spacial score (nSPS) is 12.8. The highest BCUT2D eigenvalue weighted by molar-refractivity contribution is 9.10. The number of amides is 1. The average Bonchev–Trinajstić information content (AvgIpc) is 3.12. The van der Waals surface area contributed by atoms with E-state index in [2.05, 4.69) is 21.2 Å². The first-order valence-electron chi connectivity index (χ1n) is 9.68. The molecule has 30 heavy (non-hydrogen) atoms. The van der Waals surface area contributed by atoms with Crippen molar-refractivity contribution in [3.05, 3.63) is 58.3 Å². The van der Waals surface area contributed by atoms with Crippen molar-refractivity contribution in [3.8, 4) is 16.9 Å². The first-order chi connectivity index (χ1) is 14.3. The Morgan fingerprint density at radius 3 is 2.60 bits per heavy atom. The Balaban J connectivity index is 2.07. The number of hydrogen-bond donors (Lipinski definition) is 1. The van der Waals surface area contributed by atoms with Gasteiger partial charge in [0.05, 0.1) is 20.0 Å². The van der Waals surface area contributed by atoms with Gasteiger partial charge in [-0.2, -0.15) is 0 Å². The van der Waals surface area contributed by atoms with Crippen molar-refractivity contribution in [2.24, 2.45) is 0 Å². The topological polar surface area (TPSA) is 60.7 Å². The van der Waals surface area contributed by atoms with Crippen LogP contribution in [0.5, 0.6) is 5.75 Å². The third-order valence-corrected chi connectivity index (χ3v) is 5.51. The number of rotatable bonds is 7. The number of fused-ring (bicyclic) bond motifs is 1. The van der Waals surface area contributed by atoms with Gasteiger partial charge in [0.25, 0.3) is 0 Å². The maximum Gasteiger partial charge on any atom is 0.244 e. The molecule has 0 saturated carbocycles. The van der Waals surface area contributed by atoms with Gasteiger partial charge in [0.1, 0.15) is 11.3 Å². The van der Waals surface area contributed by atoms with E-state index in [1.54, 1.807) is 26.6 Å². The lowest BCUT2D eigenvalue weighted by molar-refractivity contribution is -0.117. The molecule has 1 unspecified atom stereocenters. The van der Waals surface area contributed by atoms with Crippen molar-refractivity contribution in [3.63, 3.8) is 0 Å². The molecule has 1 aromatic heterocycles. The number of carbonyl (C=O) groups is 1. The summed E-state index contributed by atoms with van der Waals surface area (Å²) in [5.74, 6) is 0.530. The monoisotopic (exact) mass is 471 g/mol. The lowest BCUT2D eigenvalue weighted by Gasteiger charge is -2.14. The highest BCUT2D eigenvalue weighted by Crippen LogP contribution is 2.40. The Morgan fingerprint density at radius 2 is 1.97 bits per heavy atom. The molecule has 0 radical (unpaired) electrons. The smallest absolute Gasteiger partial charge is 0.244 e. The summed E-state index contributed by atoms with van der Waals surface area (Å²) >= 11 is 3.48. The highest BCUT2D eigenvalue weighted by atomic mass is 79.9. The fourth-order valence-corrected chi connectivity index (χ4v) is 3.84. The predicted octanol–water partition coefficient (Wildman–Crippen LogP) is 5.73. The van der Waals surface area contributed by atoms with Crippen molar-refractivity contribution < 1.29 is 18.7 Å². The van der Waals surface area contributed by atoms with Crippen LogP contribution in [0.1, 0.15) is 25.0 Å². The number of carbonyl (C=O) groups excluding carboxylic acids is 1. The molecule has 0 aliphatic carbocycles. The van der Waals surface area contributed by atoms with Crippen LogP contribution in [-0.2, 0) is 9.53 Å². The molecule has 1 amide bonds. The van der Waals surface area contributed by atoms with Crippen molar-refractivity contribution in [2.75, 3.05) is 20.8 Å². The Morgan fingerprint density at radius 1 is 1.27 bits per heavy atom. The van der Waals surface area contributed by atoms with E-state index in [0.717, 1.165) is 43.3 Å². The van der Waals surface area contributed by atoms with E-state index < -0.39 is 0 Å². The molecule has 0 aliphatic heterocycles. The maximum absolute atomic E-state index is 12.4. The molecule has 0 bridgehead atoms. The van der Waals surface area contributed by atoms with Crippen LogP contribution in [0.2, 0.25) is 0 Å². The van der Waals surface area contributed by atoms with Crippen LogP contribution in [-0.4, -0.2) is 32.8 Å². The van der Waals surface area contributed by atoms with Gasteiger partial charge in [0.15, 0.2) is 0 Å². The van der Waals surface area contributed by atoms with E-state index in [1.165, 1.54) is 0 Å². The second kappa shape index (κ2) is 9.49. The van der Waals surface area contributed by atoms with Crippen LogP contribution < -0.4 is 10.1 Å². The molecular formula is C24H26BrNO4. The number of ether oxygens (including phenoxy) is 2. The van der Waals surface area contributed by atoms with E-state index in [9.17, 15) is 4.79 Å². The number of nitrogens with one attached hydrogen (secondary N) is 1. The molecule has 3 aromatic rings. The van der Waals surface area contributed by atoms with Crippen molar-refractivity contribution in [1.29, 1.82) is 0 Å². The minimum absolute atomic E-state index is 0.0736. The van der Waals surface area contributed by atoms with E-state index in [-0.39, 0.29) is 11.9 Å². The number of halogens is 1. The molecule has 0 spiro atoms. The third kappa shape index (κ3) is 4.60. The zero-order chi connectivity index (χ0) is 21.8. The lowest BCUT2D eigenvalue weighted by Crippen LogP contribution is -2.34. The Labute approximate surface area is 185 Å². The third-order valence-electron chi connectivity index (χ3n) is 4.98. The average molecular weight is 472 g/mol. The molecule has 0 aliphatic rings. The quantitative estimate of drug-likeness (QED) is 0.446. The molecular weight excluding hydrogens is 446 g/mol. The van der Waals surface area contributed by atoms with Gasteiger partial charge in [-0.1, -0.05) is 28.1 Å². The minimum atomic E-state index is -0.169. The van der Waals surface area contributed by atoms with Crippen molar-refractivity contribution >= 4 is 38.4 Å². The molecule has 1 atom stereocenters. The number of methoxy groups -OCH3 is 2. The Kier molecular flexibility index (Phi) is 7.00. The summed E-state index contributed by atoms with van der Waals surface area (Å²) in [5, 5.41) is 3.88. The van der Waals surface area contributed by atoms with Gasteiger partial charge in [-0.3, -0.25) is 4.79 Å². The van der Waals surface area contributed by atoms with Gasteiger partial charge in [0.2, 0.25) is 5.91 Å². The van der Waals surface area contributed by atoms with E-state index in [4.69, 9.17) is 13.9 Å². The fraction of sp³-hybridized carbons (Fsp3) is 0.292. The molecule has 1 N–H and O–H groups in total. The molecule has 0 fully saturated rings. The molecule has 3 rings (SSSR count).